The molecule has 0 unspecified atom stereocenters. The molecule has 2 rings (SSSR count). The largest absolute Gasteiger partial charge is 0.493 e. The number of amides is 2. The van der Waals surface area contributed by atoms with E-state index in [9.17, 15) is 9.59 Å². The molecule has 2 aromatic carbocycles. The third-order valence-electron chi connectivity index (χ3n) is 3.31. The van der Waals surface area contributed by atoms with Gasteiger partial charge in [-0.25, -0.2) is 0 Å². The summed E-state index contributed by atoms with van der Waals surface area (Å²) in [5.41, 5.74) is 5.95. The lowest BCUT2D eigenvalue weighted by atomic mass is 10.2. The van der Waals surface area contributed by atoms with Crippen molar-refractivity contribution in [2.75, 3.05) is 13.2 Å². The van der Waals surface area contributed by atoms with Crippen molar-refractivity contribution >= 4 is 43.7 Å². The van der Waals surface area contributed by atoms with Crippen LogP contribution < -0.4 is 20.3 Å². The highest BCUT2D eigenvalue weighted by molar-refractivity contribution is 9.10. The Balaban J connectivity index is 1.84. The third-order valence-corrected chi connectivity index (χ3v) is 4.42. The number of hydrogen-bond donors (Lipinski definition) is 2. The van der Waals surface area contributed by atoms with Crippen molar-refractivity contribution in [3.8, 4) is 11.5 Å². The van der Waals surface area contributed by atoms with Gasteiger partial charge >= 0.3 is 0 Å². The summed E-state index contributed by atoms with van der Waals surface area (Å²) >= 11 is 6.71. The molecule has 2 amide bonds. The van der Waals surface area contributed by atoms with Gasteiger partial charge in [0.05, 0.1) is 11.1 Å². The molecule has 6 nitrogen and oxygen atoms in total. The van der Waals surface area contributed by atoms with Crippen molar-refractivity contribution < 1.29 is 19.1 Å². The van der Waals surface area contributed by atoms with Crippen LogP contribution in [-0.2, 0) is 4.79 Å². The predicted molar refractivity (Wildman–Crippen MR) is 105 cm³/mol. The lowest BCUT2D eigenvalue weighted by Crippen LogP contribution is -2.43. The van der Waals surface area contributed by atoms with Crippen LogP contribution in [0.25, 0.3) is 0 Å². The molecule has 2 N–H and O–H groups in total. The molecule has 0 atom stereocenters. The maximum atomic E-state index is 12.1. The average molecular weight is 486 g/mol. The maximum absolute atomic E-state index is 12.1. The minimum atomic E-state index is -0.467. The van der Waals surface area contributed by atoms with Crippen molar-refractivity contribution in [3.63, 3.8) is 0 Å². The molecule has 26 heavy (non-hydrogen) atoms. The molecular formula is C18H18Br2N2O4. The average Bonchev–Trinajstić information content (AvgIpc) is 2.60. The number of carbonyl (C=O) groups is 2. The highest BCUT2D eigenvalue weighted by Crippen LogP contribution is 2.26. The fourth-order valence-corrected chi connectivity index (χ4v) is 3.04. The van der Waals surface area contributed by atoms with E-state index < -0.39 is 11.8 Å². The number of ether oxygens (including phenoxy) is 2. The van der Waals surface area contributed by atoms with Crippen LogP contribution in [0.4, 0.5) is 0 Å². The van der Waals surface area contributed by atoms with E-state index in [2.05, 4.69) is 42.7 Å². The van der Waals surface area contributed by atoms with E-state index in [4.69, 9.17) is 9.47 Å². The summed E-state index contributed by atoms with van der Waals surface area (Å²) in [4.78, 5) is 24.0. The first-order chi connectivity index (χ1) is 12.4. The van der Waals surface area contributed by atoms with E-state index in [1.807, 2.05) is 26.0 Å². The number of rotatable bonds is 6. The molecule has 0 radical (unpaired) electrons. The molecule has 0 heterocycles. The summed E-state index contributed by atoms with van der Waals surface area (Å²) in [5, 5.41) is 0. The molecular weight excluding hydrogens is 468 g/mol. The summed E-state index contributed by atoms with van der Waals surface area (Å²) in [6.45, 7) is 4.07. The summed E-state index contributed by atoms with van der Waals surface area (Å²) in [5.74, 6) is 0.337. The summed E-state index contributed by atoms with van der Waals surface area (Å²) in [7, 11) is 0. The number of hydrogen-bond acceptors (Lipinski definition) is 4. The van der Waals surface area contributed by atoms with Gasteiger partial charge < -0.3 is 9.47 Å². The highest BCUT2D eigenvalue weighted by atomic mass is 79.9. The van der Waals surface area contributed by atoms with Gasteiger partial charge in [0.1, 0.15) is 11.5 Å². The Morgan fingerprint density at radius 3 is 2.38 bits per heavy atom. The minimum absolute atomic E-state index is 0.213. The first-order valence-electron chi connectivity index (χ1n) is 7.81. The number of carbonyl (C=O) groups excluding carboxylic acids is 2. The smallest absolute Gasteiger partial charge is 0.276 e. The fraction of sp³-hybridized carbons (Fsp3) is 0.222. The molecule has 0 aliphatic carbocycles. The van der Waals surface area contributed by atoms with Crippen LogP contribution in [0.2, 0.25) is 0 Å². The van der Waals surface area contributed by atoms with Gasteiger partial charge in [-0.3, -0.25) is 20.4 Å². The maximum Gasteiger partial charge on any atom is 0.276 e. The lowest BCUT2D eigenvalue weighted by molar-refractivity contribution is -0.123. The molecule has 138 valence electrons. The van der Waals surface area contributed by atoms with Crippen molar-refractivity contribution in [1.29, 1.82) is 0 Å². The standard InChI is InChI=1S/C18H18Br2N2O4/c1-3-25-16-6-4-12(9-14(16)20)18(24)22-21-17(23)10-26-15-7-5-13(19)8-11(15)2/h4-9H,3,10H2,1-2H3,(H,21,23)(H,22,24). The van der Waals surface area contributed by atoms with E-state index in [1.54, 1.807) is 24.3 Å². The molecule has 0 aliphatic rings. The van der Waals surface area contributed by atoms with Crippen LogP contribution in [0.1, 0.15) is 22.8 Å². The first-order valence-corrected chi connectivity index (χ1v) is 9.39. The van der Waals surface area contributed by atoms with E-state index in [0.717, 1.165) is 10.0 Å². The Hall–Kier alpha value is -2.06. The quantitative estimate of drug-likeness (QED) is 0.611. The number of hydrazine groups is 1. The Labute approximate surface area is 168 Å². The Bertz CT molecular complexity index is 812. The van der Waals surface area contributed by atoms with E-state index in [0.29, 0.717) is 28.1 Å². The van der Waals surface area contributed by atoms with Crippen LogP contribution >= 0.6 is 31.9 Å². The highest BCUT2D eigenvalue weighted by Gasteiger charge is 2.11. The van der Waals surface area contributed by atoms with Gasteiger partial charge in [0, 0.05) is 10.0 Å². The number of nitrogens with one attached hydrogen (secondary N) is 2. The van der Waals surface area contributed by atoms with Crippen LogP contribution in [0, 0.1) is 6.92 Å². The van der Waals surface area contributed by atoms with Gasteiger partial charge in [-0.1, -0.05) is 15.9 Å². The first kappa shape index (κ1) is 20.3. The third kappa shape index (κ3) is 5.74. The molecule has 8 heteroatoms. The van der Waals surface area contributed by atoms with Gasteiger partial charge in [-0.15, -0.1) is 0 Å². The molecule has 0 spiro atoms. The molecule has 0 aromatic heterocycles. The number of benzene rings is 2. The van der Waals surface area contributed by atoms with E-state index in [1.165, 1.54) is 0 Å². The second-order valence-electron chi connectivity index (χ2n) is 5.28. The van der Waals surface area contributed by atoms with Crippen LogP contribution in [0.5, 0.6) is 11.5 Å². The number of halogens is 2. The van der Waals surface area contributed by atoms with Crippen LogP contribution in [0.3, 0.4) is 0 Å². The normalized spacial score (nSPS) is 10.2. The summed E-state index contributed by atoms with van der Waals surface area (Å²) < 4.78 is 12.4. The molecule has 0 aliphatic heterocycles. The van der Waals surface area contributed by atoms with Crippen molar-refractivity contribution in [2.45, 2.75) is 13.8 Å². The van der Waals surface area contributed by atoms with Gasteiger partial charge in [-0.05, 0) is 71.7 Å². The Kier molecular flexibility index (Phi) is 7.47. The lowest BCUT2D eigenvalue weighted by Gasteiger charge is -2.11. The minimum Gasteiger partial charge on any atom is -0.493 e. The second-order valence-corrected chi connectivity index (χ2v) is 7.05. The van der Waals surface area contributed by atoms with Crippen molar-refractivity contribution in [1.82, 2.24) is 10.9 Å². The molecule has 2 aromatic rings. The van der Waals surface area contributed by atoms with Gasteiger partial charge in [0.15, 0.2) is 6.61 Å². The Morgan fingerprint density at radius 2 is 1.73 bits per heavy atom. The fourth-order valence-electron chi connectivity index (χ4n) is 2.07. The summed E-state index contributed by atoms with van der Waals surface area (Å²) in [6.07, 6.45) is 0. The summed E-state index contributed by atoms with van der Waals surface area (Å²) in [6, 6.07) is 10.4. The van der Waals surface area contributed by atoms with Gasteiger partial charge in [0.2, 0.25) is 0 Å². The molecule has 0 saturated heterocycles. The zero-order valence-electron chi connectivity index (χ0n) is 14.3. The second kappa shape index (κ2) is 9.59. The van der Waals surface area contributed by atoms with E-state index >= 15 is 0 Å². The van der Waals surface area contributed by atoms with Gasteiger partial charge in [0.25, 0.3) is 11.8 Å². The number of aryl methyl sites for hydroxylation is 1. The zero-order chi connectivity index (χ0) is 19.1. The zero-order valence-corrected chi connectivity index (χ0v) is 17.4. The molecule has 0 bridgehead atoms. The van der Waals surface area contributed by atoms with Crippen molar-refractivity contribution in [3.05, 3.63) is 56.5 Å². The monoisotopic (exact) mass is 484 g/mol. The van der Waals surface area contributed by atoms with Gasteiger partial charge in [-0.2, -0.15) is 0 Å². The molecule has 0 saturated carbocycles. The molecule has 0 fully saturated rings. The predicted octanol–water partition coefficient (Wildman–Crippen LogP) is 3.76. The Morgan fingerprint density at radius 1 is 1.00 bits per heavy atom. The van der Waals surface area contributed by atoms with Crippen LogP contribution in [-0.4, -0.2) is 25.0 Å². The van der Waals surface area contributed by atoms with Crippen LogP contribution in [0.15, 0.2) is 45.3 Å². The van der Waals surface area contributed by atoms with Crippen molar-refractivity contribution in [2.24, 2.45) is 0 Å². The van der Waals surface area contributed by atoms with E-state index in [-0.39, 0.29) is 6.61 Å². The SMILES string of the molecule is CCOc1ccc(C(=O)NNC(=O)COc2ccc(Br)cc2C)cc1Br. The topological polar surface area (TPSA) is 76.7 Å².